The number of amides is 3. The van der Waals surface area contributed by atoms with Crippen molar-refractivity contribution in [1.29, 1.82) is 0 Å². The lowest BCUT2D eigenvalue weighted by Crippen LogP contribution is -2.42. The van der Waals surface area contributed by atoms with Gasteiger partial charge in [0.1, 0.15) is 0 Å². The quantitative estimate of drug-likeness (QED) is 0.394. The summed E-state index contributed by atoms with van der Waals surface area (Å²) in [5, 5.41) is 10.1. The zero-order valence-corrected chi connectivity index (χ0v) is 18.5. The van der Waals surface area contributed by atoms with Crippen LogP contribution in [0.1, 0.15) is 44.1 Å². The summed E-state index contributed by atoms with van der Waals surface area (Å²) >= 11 is 1.95. The minimum absolute atomic E-state index is 0.0277. The first-order chi connectivity index (χ1) is 14.7. The summed E-state index contributed by atoms with van der Waals surface area (Å²) in [6.45, 7) is 2.69. The fraction of sp³-hybridized carbons (Fsp3) is 0.652. The smallest absolute Gasteiger partial charge is 0.315 e. The lowest BCUT2D eigenvalue weighted by Gasteiger charge is -2.26. The molecule has 0 saturated carbocycles. The first-order valence-corrected chi connectivity index (χ1v) is 12.5. The molecule has 3 N–H and O–H groups in total. The van der Waals surface area contributed by atoms with Gasteiger partial charge in [-0.1, -0.05) is 36.8 Å². The predicted molar refractivity (Wildman–Crippen MR) is 122 cm³/mol. The van der Waals surface area contributed by atoms with Crippen molar-refractivity contribution in [3.8, 4) is 0 Å². The number of benzene rings is 1. The largest absolute Gasteiger partial charge is 0.341 e. The second kappa shape index (κ2) is 10.5. The van der Waals surface area contributed by atoms with Gasteiger partial charge in [-0.15, -0.1) is 0 Å². The third kappa shape index (κ3) is 5.70. The van der Waals surface area contributed by atoms with Crippen molar-refractivity contribution in [2.75, 3.05) is 25.4 Å². The molecule has 0 bridgehead atoms. The van der Waals surface area contributed by atoms with Crippen LogP contribution in [0.5, 0.6) is 0 Å². The van der Waals surface area contributed by atoms with E-state index < -0.39 is 0 Å². The third-order valence-corrected chi connectivity index (χ3v) is 8.05. The summed E-state index contributed by atoms with van der Waals surface area (Å²) in [4.78, 5) is 26.6. The SMILES string of the molecule is O=C1N[C@H]2CSC(CCCCC(=O)N(CCc3ccccc3)C[C@@H]3CCCN3)[C@H]2N1. The highest BCUT2D eigenvalue weighted by Crippen LogP contribution is 2.33. The van der Waals surface area contributed by atoms with E-state index in [-0.39, 0.29) is 24.0 Å². The number of nitrogens with zero attached hydrogens (tertiary/aromatic N) is 1. The molecule has 4 rings (SSSR count). The summed E-state index contributed by atoms with van der Waals surface area (Å²) in [6.07, 6.45) is 6.93. The van der Waals surface area contributed by atoms with Crippen molar-refractivity contribution in [3.63, 3.8) is 0 Å². The Labute approximate surface area is 183 Å². The van der Waals surface area contributed by atoms with Crippen LogP contribution >= 0.6 is 11.8 Å². The topological polar surface area (TPSA) is 73.5 Å². The van der Waals surface area contributed by atoms with E-state index in [2.05, 4.69) is 45.1 Å². The van der Waals surface area contributed by atoms with Crippen LogP contribution < -0.4 is 16.0 Å². The first-order valence-electron chi connectivity index (χ1n) is 11.4. The van der Waals surface area contributed by atoms with E-state index in [9.17, 15) is 9.59 Å². The third-order valence-electron chi connectivity index (χ3n) is 6.54. The van der Waals surface area contributed by atoms with Gasteiger partial charge in [0, 0.05) is 36.6 Å². The molecule has 30 heavy (non-hydrogen) atoms. The molecule has 3 fully saturated rings. The fourth-order valence-corrected chi connectivity index (χ4v) is 6.37. The van der Waals surface area contributed by atoms with E-state index in [1.54, 1.807) is 0 Å². The molecule has 0 aromatic heterocycles. The van der Waals surface area contributed by atoms with E-state index in [1.807, 2.05) is 17.8 Å². The number of unbranched alkanes of at least 4 members (excludes halogenated alkanes) is 1. The van der Waals surface area contributed by atoms with Gasteiger partial charge in [-0.25, -0.2) is 4.79 Å². The predicted octanol–water partition coefficient (Wildman–Crippen LogP) is 2.54. The lowest BCUT2D eigenvalue weighted by atomic mass is 10.0. The lowest BCUT2D eigenvalue weighted by molar-refractivity contribution is -0.131. The maximum atomic E-state index is 13.0. The maximum Gasteiger partial charge on any atom is 0.315 e. The Morgan fingerprint density at radius 2 is 2.03 bits per heavy atom. The number of hydrogen-bond donors (Lipinski definition) is 3. The summed E-state index contributed by atoms with van der Waals surface area (Å²) in [5.74, 6) is 1.28. The summed E-state index contributed by atoms with van der Waals surface area (Å²) in [7, 11) is 0. The number of urea groups is 1. The zero-order chi connectivity index (χ0) is 20.8. The average Bonchev–Trinajstić information content (AvgIpc) is 3.47. The molecule has 0 aliphatic carbocycles. The molecule has 3 aliphatic rings. The van der Waals surface area contributed by atoms with Crippen molar-refractivity contribution >= 4 is 23.7 Å². The molecule has 1 aromatic carbocycles. The van der Waals surface area contributed by atoms with Gasteiger partial charge in [-0.2, -0.15) is 11.8 Å². The second-order valence-electron chi connectivity index (χ2n) is 8.74. The standard InChI is InChI=1S/C23H34N4O2S/c28-21(11-5-4-10-20-22-19(16-30-20)25-23(29)26-22)27(15-18-9-6-13-24-18)14-12-17-7-2-1-3-8-17/h1-3,7-8,18-20,22,24H,4-6,9-16H2,(H2,25,26,29)/t18-,19-,20?,22-/m0/s1. The van der Waals surface area contributed by atoms with E-state index in [0.29, 0.717) is 17.7 Å². The molecular formula is C23H34N4O2S. The number of carbonyl (C=O) groups is 2. The first kappa shape index (κ1) is 21.5. The number of thioether (sulfide) groups is 1. The van der Waals surface area contributed by atoms with Crippen molar-refractivity contribution in [1.82, 2.24) is 20.9 Å². The summed E-state index contributed by atoms with van der Waals surface area (Å²) in [6, 6.07) is 11.4. The molecule has 3 aliphatic heterocycles. The van der Waals surface area contributed by atoms with E-state index in [4.69, 9.17) is 0 Å². The second-order valence-corrected chi connectivity index (χ2v) is 10.0. The highest BCUT2D eigenvalue weighted by atomic mass is 32.2. The van der Waals surface area contributed by atoms with Crippen molar-refractivity contribution in [2.24, 2.45) is 0 Å². The molecule has 3 amide bonds. The highest BCUT2D eigenvalue weighted by molar-refractivity contribution is 8.00. The van der Waals surface area contributed by atoms with Gasteiger partial charge in [0.05, 0.1) is 12.1 Å². The monoisotopic (exact) mass is 430 g/mol. The van der Waals surface area contributed by atoms with E-state index >= 15 is 0 Å². The minimum atomic E-state index is -0.0277. The van der Waals surface area contributed by atoms with Crippen LogP contribution in [0.4, 0.5) is 4.79 Å². The molecule has 1 unspecified atom stereocenters. The van der Waals surface area contributed by atoms with Crippen LogP contribution in [-0.2, 0) is 11.2 Å². The highest BCUT2D eigenvalue weighted by Gasteiger charge is 2.42. The van der Waals surface area contributed by atoms with Crippen LogP contribution in [0.3, 0.4) is 0 Å². The van der Waals surface area contributed by atoms with Crippen LogP contribution in [0.2, 0.25) is 0 Å². The van der Waals surface area contributed by atoms with Crippen molar-refractivity contribution < 1.29 is 9.59 Å². The van der Waals surface area contributed by atoms with Crippen LogP contribution in [-0.4, -0.2) is 65.6 Å². The van der Waals surface area contributed by atoms with Crippen LogP contribution in [0.25, 0.3) is 0 Å². The molecule has 1 aromatic rings. The molecule has 4 atom stereocenters. The number of carbonyl (C=O) groups excluding carboxylic acids is 2. The molecular weight excluding hydrogens is 396 g/mol. The molecule has 0 spiro atoms. The Morgan fingerprint density at radius 3 is 2.83 bits per heavy atom. The molecule has 6 nitrogen and oxygen atoms in total. The van der Waals surface area contributed by atoms with Crippen molar-refractivity contribution in [2.45, 2.75) is 68.3 Å². The summed E-state index contributed by atoms with van der Waals surface area (Å²) < 4.78 is 0. The van der Waals surface area contributed by atoms with Gasteiger partial charge in [-0.05, 0) is 44.2 Å². The number of fused-ring (bicyclic) bond motifs is 1. The van der Waals surface area contributed by atoms with Gasteiger partial charge in [0.15, 0.2) is 0 Å². The summed E-state index contributed by atoms with van der Waals surface area (Å²) in [5.41, 5.74) is 1.29. The average molecular weight is 431 g/mol. The van der Waals surface area contributed by atoms with Gasteiger partial charge >= 0.3 is 6.03 Å². The molecule has 0 radical (unpaired) electrons. The van der Waals surface area contributed by atoms with E-state index in [1.165, 1.54) is 12.0 Å². The number of rotatable bonds is 10. The Bertz CT molecular complexity index is 710. The van der Waals surface area contributed by atoms with Crippen LogP contribution in [0.15, 0.2) is 30.3 Å². The van der Waals surface area contributed by atoms with Gasteiger partial charge in [0.25, 0.3) is 0 Å². The van der Waals surface area contributed by atoms with Gasteiger partial charge in [0.2, 0.25) is 5.91 Å². The molecule has 164 valence electrons. The van der Waals surface area contributed by atoms with Gasteiger partial charge < -0.3 is 20.9 Å². The zero-order valence-electron chi connectivity index (χ0n) is 17.6. The number of hydrogen-bond acceptors (Lipinski definition) is 4. The van der Waals surface area contributed by atoms with Gasteiger partial charge in [-0.3, -0.25) is 4.79 Å². The van der Waals surface area contributed by atoms with E-state index in [0.717, 1.165) is 57.5 Å². The molecule has 7 heteroatoms. The maximum absolute atomic E-state index is 13.0. The normalized spacial score (nSPS) is 27.5. The Hall–Kier alpha value is -1.73. The minimum Gasteiger partial charge on any atom is -0.341 e. The Morgan fingerprint density at radius 1 is 1.17 bits per heavy atom. The van der Waals surface area contributed by atoms with Crippen molar-refractivity contribution in [3.05, 3.63) is 35.9 Å². The number of nitrogens with one attached hydrogen (secondary N) is 3. The molecule has 3 saturated heterocycles. The molecule has 3 heterocycles. The fourth-order valence-electron chi connectivity index (χ4n) is 4.83. The Balaban J connectivity index is 1.22. The van der Waals surface area contributed by atoms with Crippen LogP contribution in [0, 0.1) is 0 Å². The Kier molecular flexibility index (Phi) is 7.55.